The van der Waals surface area contributed by atoms with Crippen LogP contribution >= 0.6 is 0 Å². The zero-order chi connectivity index (χ0) is 19.0. The lowest BCUT2D eigenvalue weighted by molar-refractivity contribution is -0.125. The number of para-hydroxylation sites is 1. The van der Waals surface area contributed by atoms with Gasteiger partial charge in [-0.3, -0.25) is 9.78 Å². The topological polar surface area (TPSA) is 92.1 Å². The van der Waals surface area contributed by atoms with E-state index >= 15 is 0 Å². The quantitative estimate of drug-likeness (QED) is 0.825. The number of nitrogens with one attached hydrogen (secondary N) is 1. The van der Waals surface area contributed by atoms with Crippen LogP contribution in [-0.2, 0) is 22.4 Å². The number of carbonyl (C=O) groups excluding carboxylic acids is 2. The number of hydrogen-bond acceptors (Lipinski definition) is 5. The Hall–Kier alpha value is -2.94. The average Bonchev–Trinajstić information content (AvgIpc) is 3.43. The Morgan fingerprint density at radius 2 is 2.11 bits per heavy atom. The van der Waals surface area contributed by atoms with Crippen molar-refractivity contribution in [2.75, 3.05) is 6.61 Å². The molecular formula is C21H21N3O3. The average molecular weight is 363 g/mol. The van der Waals surface area contributed by atoms with Crippen molar-refractivity contribution >= 4 is 22.8 Å². The van der Waals surface area contributed by atoms with Crippen LogP contribution in [0.1, 0.15) is 47.8 Å². The fraction of sp³-hybridized carbons (Fsp3) is 0.429. The summed E-state index contributed by atoms with van der Waals surface area (Å²) in [7, 11) is 0. The lowest BCUT2D eigenvalue weighted by Crippen LogP contribution is -2.48. The summed E-state index contributed by atoms with van der Waals surface area (Å²) in [6.45, 7) is 1.32. The number of fused-ring (bicyclic) bond motifs is 2. The molecule has 0 unspecified atom stereocenters. The van der Waals surface area contributed by atoms with Crippen LogP contribution in [-0.4, -0.2) is 29.0 Å². The van der Waals surface area contributed by atoms with Gasteiger partial charge in [0.05, 0.1) is 17.1 Å². The van der Waals surface area contributed by atoms with Crippen LogP contribution in [0.4, 0.5) is 0 Å². The van der Waals surface area contributed by atoms with E-state index in [-0.39, 0.29) is 5.92 Å². The van der Waals surface area contributed by atoms with Crippen LogP contribution in [0, 0.1) is 17.2 Å². The molecule has 1 heterocycles. The zero-order valence-electron chi connectivity index (χ0n) is 15.2. The van der Waals surface area contributed by atoms with Crippen molar-refractivity contribution in [1.82, 2.24) is 10.3 Å². The highest BCUT2D eigenvalue weighted by Gasteiger charge is 2.43. The number of nitrogens with zero attached hydrogens (tertiary/aromatic N) is 2. The van der Waals surface area contributed by atoms with Crippen molar-refractivity contribution in [2.24, 2.45) is 5.92 Å². The monoisotopic (exact) mass is 363 g/mol. The van der Waals surface area contributed by atoms with Crippen LogP contribution in [0.5, 0.6) is 0 Å². The number of ether oxygens (including phenoxy) is 1. The van der Waals surface area contributed by atoms with E-state index in [0.29, 0.717) is 5.56 Å². The maximum Gasteiger partial charge on any atom is 0.339 e. The van der Waals surface area contributed by atoms with Crippen molar-refractivity contribution in [3.63, 3.8) is 0 Å². The number of amides is 1. The van der Waals surface area contributed by atoms with Gasteiger partial charge in [-0.05, 0) is 56.6 Å². The molecule has 1 aromatic carbocycles. The van der Waals surface area contributed by atoms with E-state index in [9.17, 15) is 14.9 Å². The van der Waals surface area contributed by atoms with Gasteiger partial charge in [0, 0.05) is 11.1 Å². The highest BCUT2D eigenvalue weighted by atomic mass is 16.5. The first-order valence-electron chi connectivity index (χ1n) is 9.32. The summed E-state index contributed by atoms with van der Waals surface area (Å²) < 4.78 is 5.33. The SMILES string of the molecule is C[C@@](C#N)(NC(=O)COC(=O)c1c2c(nc3ccccc13)CCC2)C1CC1. The van der Waals surface area contributed by atoms with E-state index in [1.807, 2.05) is 24.3 Å². The van der Waals surface area contributed by atoms with Crippen molar-refractivity contribution < 1.29 is 14.3 Å². The largest absolute Gasteiger partial charge is 0.452 e. The minimum absolute atomic E-state index is 0.176. The molecule has 0 radical (unpaired) electrons. The van der Waals surface area contributed by atoms with Gasteiger partial charge >= 0.3 is 5.97 Å². The highest BCUT2D eigenvalue weighted by molar-refractivity contribution is 6.05. The molecule has 2 aromatic rings. The maximum absolute atomic E-state index is 12.8. The third-order valence-corrected chi connectivity index (χ3v) is 5.48. The van der Waals surface area contributed by atoms with Gasteiger partial charge < -0.3 is 10.1 Å². The Morgan fingerprint density at radius 1 is 1.33 bits per heavy atom. The number of rotatable bonds is 5. The second-order valence-corrected chi connectivity index (χ2v) is 7.50. The molecule has 1 atom stereocenters. The minimum atomic E-state index is -0.895. The van der Waals surface area contributed by atoms with Gasteiger partial charge in [-0.15, -0.1) is 0 Å². The molecule has 2 aliphatic carbocycles. The van der Waals surface area contributed by atoms with E-state index in [1.54, 1.807) is 6.92 Å². The predicted molar refractivity (Wildman–Crippen MR) is 98.9 cm³/mol. The first kappa shape index (κ1) is 17.5. The summed E-state index contributed by atoms with van der Waals surface area (Å²) in [6, 6.07) is 9.66. The molecule has 4 rings (SSSR count). The summed E-state index contributed by atoms with van der Waals surface area (Å²) in [6.07, 6.45) is 4.46. The molecule has 6 heteroatoms. The molecule has 1 amide bonds. The van der Waals surface area contributed by atoms with Crippen LogP contribution in [0.25, 0.3) is 10.9 Å². The van der Waals surface area contributed by atoms with E-state index < -0.39 is 24.0 Å². The summed E-state index contributed by atoms with van der Waals surface area (Å²) in [5.74, 6) is -0.782. The Balaban J connectivity index is 1.52. The molecule has 138 valence electrons. The summed E-state index contributed by atoms with van der Waals surface area (Å²) in [5.41, 5.74) is 2.26. The molecule has 0 spiro atoms. The second-order valence-electron chi connectivity index (χ2n) is 7.50. The van der Waals surface area contributed by atoms with E-state index in [4.69, 9.17) is 4.74 Å². The molecule has 6 nitrogen and oxygen atoms in total. The number of aryl methyl sites for hydroxylation is 1. The summed E-state index contributed by atoms with van der Waals surface area (Å²) in [4.78, 5) is 29.7. The van der Waals surface area contributed by atoms with Gasteiger partial charge in [0.2, 0.25) is 0 Å². The first-order chi connectivity index (χ1) is 13.0. The maximum atomic E-state index is 12.8. The molecular weight excluding hydrogens is 342 g/mol. The van der Waals surface area contributed by atoms with Crippen molar-refractivity contribution in [1.29, 1.82) is 5.26 Å². The molecule has 1 saturated carbocycles. The number of pyridine rings is 1. The zero-order valence-corrected chi connectivity index (χ0v) is 15.2. The normalized spacial score (nSPS) is 17.6. The van der Waals surface area contributed by atoms with Crippen LogP contribution in [0.2, 0.25) is 0 Å². The minimum Gasteiger partial charge on any atom is -0.452 e. The number of esters is 1. The smallest absolute Gasteiger partial charge is 0.339 e. The van der Waals surface area contributed by atoms with Crippen LogP contribution in [0.3, 0.4) is 0 Å². The first-order valence-corrected chi connectivity index (χ1v) is 9.32. The molecule has 27 heavy (non-hydrogen) atoms. The van der Waals surface area contributed by atoms with Crippen LogP contribution < -0.4 is 5.32 Å². The fourth-order valence-corrected chi connectivity index (χ4v) is 3.86. The Bertz CT molecular complexity index is 975. The summed E-state index contributed by atoms with van der Waals surface area (Å²) in [5, 5.41) is 12.8. The highest BCUT2D eigenvalue weighted by Crippen LogP contribution is 2.39. The van der Waals surface area contributed by atoms with E-state index in [1.165, 1.54) is 0 Å². The molecule has 1 aromatic heterocycles. The number of nitriles is 1. The lowest BCUT2D eigenvalue weighted by Gasteiger charge is -2.22. The molecule has 0 bridgehead atoms. The molecule has 2 aliphatic rings. The number of hydrogen-bond donors (Lipinski definition) is 1. The standard InChI is InChI=1S/C21H21N3O3/c1-21(12-22,13-9-10-13)24-18(25)11-27-20(26)19-14-5-2-3-7-16(14)23-17-8-4-6-15(17)19/h2-3,5,7,13H,4,6,8-11H2,1H3,(H,24,25)/t21-/m0/s1. The Kier molecular flexibility index (Phi) is 4.31. The van der Waals surface area contributed by atoms with E-state index in [0.717, 1.165) is 54.3 Å². The van der Waals surface area contributed by atoms with Gasteiger partial charge in [-0.25, -0.2) is 4.79 Å². The molecule has 0 aliphatic heterocycles. The van der Waals surface area contributed by atoms with Crippen molar-refractivity contribution in [3.05, 3.63) is 41.1 Å². The predicted octanol–water partition coefficient (Wildman–Crippen LogP) is 2.69. The number of carbonyl (C=O) groups is 2. The third kappa shape index (κ3) is 3.25. The molecule has 1 fully saturated rings. The van der Waals surface area contributed by atoms with E-state index in [2.05, 4.69) is 16.4 Å². The Morgan fingerprint density at radius 3 is 2.85 bits per heavy atom. The fourth-order valence-electron chi connectivity index (χ4n) is 3.86. The van der Waals surface area contributed by atoms with Crippen molar-refractivity contribution in [2.45, 2.75) is 44.6 Å². The van der Waals surface area contributed by atoms with Gasteiger partial charge in [0.25, 0.3) is 5.91 Å². The molecule has 0 saturated heterocycles. The number of aromatic nitrogens is 1. The summed E-state index contributed by atoms with van der Waals surface area (Å²) >= 11 is 0. The van der Waals surface area contributed by atoms with Gasteiger partial charge in [-0.1, -0.05) is 18.2 Å². The van der Waals surface area contributed by atoms with Gasteiger partial charge in [-0.2, -0.15) is 5.26 Å². The molecule has 1 N–H and O–H groups in total. The lowest BCUT2D eigenvalue weighted by atomic mass is 9.98. The van der Waals surface area contributed by atoms with Crippen molar-refractivity contribution in [3.8, 4) is 6.07 Å². The number of benzene rings is 1. The van der Waals surface area contributed by atoms with Gasteiger partial charge in [0.1, 0.15) is 5.54 Å². The third-order valence-electron chi connectivity index (χ3n) is 5.48. The Labute approximate surface area is 157 Å². The van der Waals surface area contributed by atoms with Gasteiger partial charge in [0.15, 0.2) is 6.61 Å². The second kappa shape index (κ2) is 6.66. The van der Waals surface area contributed by atoms with Crippen LogP contribution in [0.15, 0.2) is 24.3 Å².